The molecule has 1 aromatic rings. The number of hydrogen-bond donors (Lipinski definition) is 0. The number of rotatable bonds is 5. The summed E-state index contributed by atoms with van der Waals surface area (Å²) in [4.78, 5) is 10.8. The third kappa shape index (κ3) is 4.51. The van der Waals surface area contributed by atoms with Gasteiger partial charge in [0, 0.05) is 12.2 Å². The molecule has 3 atom stereocenters. The highest BCUT2D eigenvalue weighted by Crippen LogP contribution is 2.37. The van der Waals surface area contributed by atoms with Gasteiger partial charge in [0.1, 0.15) is 6.17 Å². The van der Waals surface area contributed by atoms with Crippen LogP contribution in [0.2, 0.25) is 0 Å². The second-order valence-electron chi connectivity index (χ2n) is 4.49. The van der Waals surface area contributed by atoms with Gasteiger partial charge < -0.3 is 9.47 Å². The fourth-order valence-electron chi connectivity index (χ4n) is 1.95. The van der Waals surface area contributed by atoms with E-state index in [1.165, 1.54) is 18.7 Å². The molecular formula is C14H17FO3S. The van der Waals surface area contributed by atoms with Crippen molar-refractivity contribution < 1.29 is 18.7 Å². The lowest BCUT2D eigenvalue weighted by atomic mass is 10.2. The molecule has 2 rings (SSSR count). The van der Waals surface area contributed by atoms with Crippen molar-refractivity contribution in [2.24, 2.45) is 0 Å². The Labute approximate surface area is 116 Å². The Bertz CT molecular complexity index is 412. The van der Waals surface area contributed by atoms with E-state index in [2.05, 4.69) is 0 Å². The molecule has 1 fully saturated rings. The van der Waals surface area contributed by atoms with E-state index >= 15 is 0 Å². The SMILES string of the molecule is CC(=O)OC1SC(COCc2ccccc2)CC1F. The van der Waals surface area contributed by atoms with Crippen LogP contribution in [0.5, 0.6) is 0 Å². The van der Waals surface area contributed by atoms with E-state index in [1.807, 2.05) is 30.3 Å². The van der Waals surface area contributed by atoms with Gasteiger partial charge in [0.2, 0.25) is 0 Å². The van der Waals surface area contributed by atoms with E-state index in [4.69, 9.17) is 9.47 Å². The van der Waals surface area contributed by atoms with Crippen molar-refractivity contribution in [3.8, 4) is 0 Å². The molecule has 19 heavy (non-hydrogen) atoms. The van der Waals surface area contributed by atoms with E-state index in [-0.39, 0.29) is 5.25 Å². The normalized spacial score (nSPS) is 26.3. The summed E-state index contributed by atoms with van der Waals surface area (Å²) < 4.78 is 24.1. The number of benzene rings is 1. The standard InChI is InChI=1S/C14H17FO3S/c1-10(16)18-14-13(15)7-12(19-14)9-17-8-11-5-3-2-4-6-11/h2-6,12-14H,7-9H2,1H3. The lowest BCUT2D eigenvalue weighted by molar-refractivity contribution is -0.144. The van der Waals surface area contributed by atoms with E-state index in [9.17, 15) is 9.18 Å². The number of ether oxygens (including phenoxy) is 2. The summed E-state index contributed by atoms with van der Waals surface area (Å²) >= 11 is 1.34. The molecule has 0 saturated carbocycles. The summed E-state index contributed by atoms with van der Waals surface area (Å²) in [7, 11) is 0. The fraction of sp³-hybridized carbons (Fsp3) is 0.500. The van der Waals surface area contributed by atoms with Crippen molar-refractivity contribution in [3.63, 3.8) is 0 Å². The van der Waals surface area contributed by atoms with Crippen LogP contribution in [0, 0.1) is 0 Å². The van der Waals surface area contributed by atoms with Crippen molar-refractivity contribution >= 4 is 17.7 Å². The second-order valence-corrected chi connectivity index (χ2v) is 5.89. The molecule has 1 aliphatic heterocycles. The predicted octanol–water partition coefficient (Wildman–Crippen LogP) is 2.94. The predicted molar refractivity (Wildman–Crippen MR) is 72.5 cm³/mol. The number of halogens is 1. The van der Waals surface area contributed by atoms with Crippen molar-refractivity contribution in [1.29, 1.82) is 0 Å². The molecule has 1 saturated heterocycles. The molecule has 0 spiro atoms. The minimum atomic E-state index is -1.10. The molecule has 0 radical (unpaired) electrons. The van der Waals surface area contributed by atoms with Gasteiger partial charge in [0.25, 0.3) is 0 Å². The number of carbonyl (C=O) groups excluding carboxylic acids is 1. The van der Waals surface area contributed by atoms with Gasteiger partial charge in [-0.15, -0.1) is 11.8 Å². The maximum atomic E-state index is 13.6. The Kier molecular flexibility index (Phi) is 5.22. The Morgan fingerprint density at radius 1 is 1.42 bits per heavy atom. The first-order valence-corrected chi connectivity index (χ1v) is 7.18. The number of thioether (sulfide) groups is 1. The van der Waals surface area contributed by atoms with Crippen molar-refractivity contribution in [2.75, 3.05) is 6.61 Å². The Hall–Kier alpha value is -1.07. The number of alkyl halides is 1. The van der Waals surface area contributed by atoms with Crippen LogP contribution in [0.25, 0.3) is 0 Å². The maximum absolute atomic E-state index is 13.6. The molecule has 0 aromatic heterocycles. The topological polar surface area (TPSA) is 35.5 Å². The highest BCUT2D eigenvalue weighted by Gasteiger charge is 2.37. The first-order valence-electron chi connectivity index (χ1n) is 6.23. The highest BCUT2D eigenvalue weighted by atomic mass is 32.2. The summed E-state index contributed by atoms with van der Waals surface area (Å²) in [6.07, 6.45) is -0.726. The Balaban J connectivity index is 1.71. The third-order valence-electron chi connectivity index (χ3n) is 2.81. The summed E-state index contributed by atoms with van der Waals surface area (Å²) in [5.41, 5.74) is 0.418. The van der Waals surface area contributed by atoms with E-state index in [0.29, 0.717) is 19.6 Å². The molecule has 0 N–H and O–H groups in total. The zero-order chi connectivity index (χ0) is 13.7. The second kappa shape index (κ2) is 6.91. The fourth-order valence-corrected chi connectivity index (χ4v) is 3.27. The van der Waals surface area contributed by atoms with Gasteiger partial charge in [0.05, 0.1) is 13.2 Å². The van der Waals surface area contributed by atoms with Gasteiger partial charge >= 0.3 is 5.97 Å². The van der Waals surface area contributed by atoms with Crippen LogP contribution >= 0.6 is 11.8 Å². The van der Waals surface area contributed by atoms with E-state index < -0.39 is 17.6 Å². The van der Waals surface area contributed by atoms with E-state index in [1.54, 1.807) is 0 Å². The largest absolute Gasteiger partial charge is 0.448 e. The maximum Gasteiger partial charge on any atom is 0.303 e. The van der Waals surface area contributed by atoms with Crippen molar-refractivity contribution in [2.45, 2.75) is 36.8 Å². The molecule has 5 heteroatoms. The molecule has 0 aliphatic carbocycles. The van der Waals surface area contributed by atoms with Gasteiger partial charge in [0.15, 0.2) is 5.44 Å². The molecule has 3 unspecified atom stereocenters. The Morgan fingerprint density at radius 3 is 2.84 bits per heavy atom. The lowest BCUT2D eigenvalue weighted by Crippen LogP contribution is -2.18. The average molecular weight is 284 g/mol. The molecule has 3 nitrogen and oxygen atoms in total. The van der Waals surface area contributed by atoms with Crippen LogP contribution in [0.4, 0.5) is 4.39 Å². The first kappa shape index (κ1) is 14.3. The number of hydrogen-bond acceptors (Lipinski definition) is 4. The first-order chi connectivity index (χ1) is 9.15. The summed E-state index contributed by atoms with van der Waals surface area (Å²) in [6, 6.07) is 9.84. The van der Waals surface area contributed by atoms with Crippen molar-refractivity contribution in [1.82, 2.24) is 0 Å². The summed E-state index contributed by atoms with van der Waals surface area (Å²) in [5, 5.41) is 0.0445. The molecule has 1 heterocycles. The lowest BCUT2D eigenvalue weighted by Gasteiger charge is -2.12. The highest BCUT2D eigenvalue weighted by molar-refractivity contribution is 8.00. The summed E-state index contributed by atoms with van der Waals surface area (Å²) in [6.45, 7) is 2.29. The van der Waals surface area contributed by atoms with Gasteiger partial charge in [-0.2, -0.15) is 0 Å². The van der Waals surface area contributed by atoms with Gasteiger partial charge in [-0.25, -0.2) is 4.39 Å². The van der Waals surface area contributed by atoms with Crippen LogP contribution in [0.3, 0.4) is 0 Å². The van der Waals surface area contributed by atoms with Crippen LogP contribution in [0.1, 0.15) is 18.9 Å². The monoisotopic (exact) mass is 284 g/mol. The van der Waals surface area contributed by atoms with Crippen LogP contribution in [-0.2, 0) is 20.9 Å². The average Bonchev–Trinajstić information content (AvgIpc) is 2.70. The smallest absolute Gasteiger partial charge is 0.303 e. The van der Waals surface area contributed by atoms with Gasteiger partial charge in [-0.1, -0.05) is 30.3 Å². The quantitative estimate of drug-likeness (QED) is 0.779. The molecular weight excluding hydrogens is 267 g/mol. The van der Waals surface area contributed by atoms with Crippen LogP contribution < -0.4 is 0 Å². The number of esters is 1. The third-order valence-corrected chi connectivity index (χ3v) is 4.18. The minimum Gasteiger partial charge on any atom is -0.448 e. The van der Waals surface area contributed by atoms with Crippen LogP contribution in [-0.4, -0.2) is 29.4 Å². The van der Waals surface area contributed by atoms with Gasteiger partial charge in [-0.05, 0) is 12.0 Å². The molecule has 104 valence electrons. The molecule has 0 bridgehead atoms. The Morgan fingerprint density at radius 2 is 2.16 bits per heavy atom. The minimum absolute atomic E-state index is 0.0445. The van der Waals surface area contributed by atoms with Crippen molar-refractivity contribution in [3.05, 3.63) is 35.9 Å². The van der Waals surface area contributed by atoms with Crippen LogP contribution in [0.15, 0.2) is 30.3 Å². The zero-order valence-corrected chi connectivity index (χ0v) is 11.6. The number of carbonyl (C=O) groups is 1. The molecule has 0 amide bonds. The molecule has 1 aliphatic rings. The van der Waals surface area contributed by atoms with Gasteiger partial charge in [-0.3, -0.25) is 4.79 Å². The van der Waals surface area contributed by atoms with E-state index in [0.717, 1.165) is 5.56 Å². The zero-order valence-electron chi connectivity index (χ0n) is 10.8. The molecule has 1 aromatic carbocycles. The summed E-state index contributed by atoms with van der Waals surface area (Å²) in [5.74, 6) is -0.439.